The molecule has 1 saturated heterocycles. The maximum absolute atomic E-state index is 12.0. The van der Waals surface area contributed by atoms with Crippen LogP contribution >= 0.6 is 23.2 Å². The number of rotatable bonds is 4. The monoisotopic (exact) mass is 414 g/mol. The summed E-state index contributed by atoms with van der Waals surface area (Å²) in [5, 5.41) is 11.8. The molecule has 0 saturated carbocycles. The second-order valence-electron chi connectivity index (χ2n) is 7.05. The van der Waals surface area contributed by atoms with Gasteiger partial charge < -0.3 is 5.11 Å². The molecule has 1 fully saturated rings. The average Bonchev–Trinajstić information content (AvgIpc) is 2.72. The van der Waals surface area contributed by atoms with Crippen LogP contribution in [0.4, 0.5) is 0 Å². The van der Waals surface area contributed by atoms with Crippen molar-refractivity contribution in [1.29, 1.82) is 0 Å². The van der Waals surface area contributed by atoms with E-state index >= 15 is 0 Å². The molecule has 2 unspecified atom stereocenters. The van der Waals surface area contributed by atoms with E-state index < -0.39 is 12.0 Å². The quantitative estimate of drug-likeness (QED) is 0.605. The number of aliphatic carboxylic acids is 1. The Kier molecular flexibility index (Phi) is 5.54. The lowest BCUT2D eigenvalue weighted by Crippen LogP contribution is -2.47. The van der Waals surface area contributed by atoms with E-state index in [-0.39, 0.29) is 6.04 Å². The van der Waals surface area contributed by atoms with E-state index in [0.29, 0.717) is 23.0 Å². The maximum atomic E-state index is 12.0. The van der Waals surface area contributed by atoms with Gasteiger partial charge in [0.2, 0.25) is 0 Å². The highest BCUT2D eigenvalue weighted by Gasteiger charge is 2.36. The summed E-state index contributed by atoms with van der Waals surface area (Å²) in [4.78, 5) is 18.5. The lowest BCUT2D eigenvalue weighted by atomic mass is 9.90. The van der Waals surface area contributed by atoms with Crippen molar-refractivity contribution in [2.45, 2.75) is 31.3 Å². The highest BCUT2D eigenvalue weighted by Crippen LogP contribution is 2.41. The van der Waals surface area contributed by atoms with Crippen LogP contribution in [0.3, 0.4) is 0 Å². The fourth-order valence-corrected chi connectivity index (χ4v) is 4.55. The van der Waals surface area contributed by atoms with Crippen molar-refractivity contribution < 1.29 is 9.90 Å². The largest absolute Gasteiger partial charge is 0.480 e. The lowest BCUT2D eigenvalue weighted by Gasteiger charge is -2.40. The Bertz CT molecular complexity index is 1020. The van der Waals surface area contributed by atoms with Gasteiger partial charge in [-0.25, -0.2) is 0 Å². The molecule has 6 heteroatoms. The number of piperidine rings is 1. The van der Waals surface area contributed by atoms with Gasteiger partial charge in [-0.15, -0.1) is 0 Å². The number of likely N-dealkylation sites (tertiary alicyclic amines) is 1. The third-order valence-electron chi connectivity index (χ3n) is 5.41. The SMILES string of the molecule is O=C(O)C1CCCCN1C(c1cccc(Cl)c1Cl)c1ccnc2ccccc12. The zero-order valence-electron chi connectivity index (χ0n) is 15.2. The zero-order chi connectivity index (χ0) is 19.7. The van der Waals surface area contributed by atoms with Gasteiger partial charge in [-0.2, -0.15) is 0 Å². The van der Waals surface area contributed by atoms with Gasteiger partial charge in [-0.1, -0.05) is 60.0 Å². The standard InChI is InChI=1S/C22H20Cl2N2O2/c23-17-8-5-7-16(20(17)24)21(26-13-4-3-10-19(26)22(27)28)15-11-12-25-18-9-2-1-6-14(15)18/h1-2,5-9,11-12,19,21H,3-4,10,13H2,(H,27,28). The van der Waals surface area contributed by atoms with Crippen molar-refractivity contribution in [2.24, 2.45) is 0 Å². The molecule has 28 heavy (non-hydrogen) atoms. The van der Waals surface area contributed by atoms with Crippen molar-refractivity contribution in [3.8, 4) is 0 Å². The molecule has 0 aliphatic carbocycles. The molecule has 0 amide bonds. The van der Waals surface area contributed by atoms with E-state index in [1.165, 1.54) is 0 Å². The molecule has 4 nitrogen and oxygen atoms in total. The summed E-state index contributed by atoms with van der Waals surface area (Å²) in [5.41, 5.74) is 2.67. The van der Waals surface area contributed by atoms with Gasteiger partial charge in [0, 0.05) is 11.6 Å². The molecule has 0 spiro atoms. The molecule has 2 heterocycles. The Labute approximate surface area is 173 Å². The van der Waals surface area contributed by atoms with E-state index in [1.807, 2.05) is 47.4 Å². The van der Waals surface area contributed by atoms with Gasteiger partial charge in [-0.3, -0.25) is 14.7 Å². The molecule has 144 valence electrons. The summed E-state index contributed by atoms with van der Waals surface area (Å²) in [6.07, 6.45) is 4.23. The Hall–Kier alpha value is -2.14. The summed E-state index contributed by atoms with van der Waals surface area (Å²) < 4.78 is 0. The second kappa shape index (κ2) is 8.08. The number of halogens is 2. The number of hydrogen-bond acceptors (Lipinski definition) is 3. The Morgan fingerprint density at radius 1 is 1.07 bits per heavy atom. The average molecular weight is 415 g/mol. The molecular formula is C22H20Cl2N2O2. The predicted molar refractivity (Wildman–Crippen MR) is 112 cm³/mol. The van der Waals surface area contributed by atoms with Crippen LogP contribution in [0.5, 0.6) is 0 Å². The summed E-state index contributed by atoms with van der Waals surface area (Å²) in [5.74, 6) is -0.804. The highest BCUT2D eigenvalue weighted by molar-refractivity contribution is 6.42. The summed E-state index contributed by atoms with van der Waals surface area (Å²) in [7, 11) is 0. The third-order valence-corrected chi connectivity index (χ3v) is 6.25. The molecule has 1 aliphatic rings. The van der Waals surface area contributed by atoms with Crippen LogP contribution in [-0.2, 0) is 4.79 Å². The number of fused-ring (bicyclic) bond motifs is 1. The molecule has 1 aliphatic heterocycles. The van der Waals surface area contributed by atoms with Gasteiger partial charge in [0.1, 0.15) is 6.04 Å². The third kappa shape index (κ3) is 3.48. The topological polar surface area (TPSA) is 53.4 Å². The molecule has 0 radical (unpaired) electrons. The first-order chi connectivity index (χ1) is 13.6. The van der Waals surface area contributed by atoms with Crippen LogP contribution in [0.2, 0.25) is 10.0 Å². The van der Waals surface area contributed by atoms with E-state index in [0.717, 1.165) is 34.9 Å². The molecule has 0 bridgehead atoms. The van der Waals surface area contributed by atoms with Crippen LogP contribution in [0.1, 0.15) is 36.4 Å². The van der Waals surface area contributed by atoms with Crippen LogP contribution < -0.4 is 0 Å². The Morgan fingerprint density at radius 3 is 2.71 bits per heavy atom. The lowest BCUT2D eigenvalue weighted by molar-refractivity contribution is -0.145. The van der Waals surface area contributed by atoms with Crippen molar-refractivity contribution in [1.82, 2.24) is 9.88 Å². The van der Waals surface area contributed by atoms with E-state index in [1.54, 1.807) is 12.3 Å². The van der Waals surface area contributed by atoms with Crippen molar-refractivity contribution in [2.75, 3.05) is 6.54 Å². The minimum atomic E-state index is -0.804. The van der Waals surface area contributed by atoms with E-state index in [4.69, 9.17) is 23.2 Å². The molecule has 2 atom stereocenters. The predicted octanol–water partition coefficient (Wildman–Crippen LogP) is 5.57. The van der Waals surface area contributed by atoms with Crippen LogP contribution in [0.25, 0.3) is 10.9 Å². The highest BCUT2D eigenvalue weighted by atomic mass is 35.5. The maximum Gasteiger partial charge on any atom is 0.320 e. The molecule has 4 rings (SSSR count). The van der Waals surface area contributed by atoms with Crippen LogP contribution in [0.15, 0.2) is 54.7 Å². The number of para-hydroxylation sites is 1. The minimum Gasteiger partial charge on any atom is -0.480 e. The summed E-state index contributed by atoms with van der Waals surface area (Å²) in [6, 6.07) is 14.5. The number of nitrogens with zero attached hydrogens (tertiary/aromatic N) is 2. The van der Waals surface area contributed by atoms with Crippen molar-refractivity contribution >= 4 is 40.1 Å². The molecule has 1 N–H and O–H groups in total. The molecule has 2 aromatic carbocycles. The fourth-order valence-electron chi connectivity index (χ4n) is 4.14. The Balaban J connectivity index is 1.96. The first kappa shape index (κ1) is 19.2. The number of pyridine rings is 1. The van der Waals surface area contributed by atoms with Crippen LogP contribution in [0, 0.1) is 0 Å². The number of hydrogen-bond donors (Lipinski definition) is 1. The van der Waals surface area contributed by atoms with Gasteiger partial charge in [0.25, 0.3) is 0 Å². The van der Waals surface area contributed by atoms with E-state index in [9.17, 15) is 9.90 Å². The van der Waals surface area contributed by atoms with Gasteiger partial charge in [0.15, 0.2) is 0 Å². The number of carboxylic acids is 1. The van der Waals surface area contributed by atoms with Crippen LogP contribution in [-0.4, -0.2) is 33.5 Å². The molecular weight excluding hydrogens is 395 g/mol. The minimum absolute atomic E-state index is 0.319. The zero-order valence-corrected chi connectivity index (χ0v) is 16.7. The smallest absolute Gasteiger partial charge is 0.320 e. The fraction of sp³-hybridized carbons (Fsp3) is 0.273. The first-order valence-corrected chi connectivity index (χ1v) is 10.1. The molecule has 3 aromatic rings. The van der Waals surface area contributed by atoms with Crippen molar-refractivity contribution in [3.05, 3.63) is 75.9 Å². The summed E-state index contributed by atoms with van der Waals surface area (Å²) in [6.45, 7) is 0.682. The van der Waals surface area contributed by atoms with Gasteiger partial charge in [-0.05, 0) is 48.7 Å². The van der Waals surface area contributed by atoms with Crippen molar-refractivity contribution in [3.63, 3.8) is 0 Å². The first-order valence-electron chi connectivity index (χ1n) is 9.34. The number of aromatic nitrogens is 1. The number of carboxylic acid groups (broad SMARTS) is 1. The van der Waals surface area contributed by atoms with Gasteiger partial charge >= 0.3 is 5.97 Å². The van der Waals surface area contributed by atoms with Gasteiger partial charge in [0.05, 0.1) is 21.6 Å². The second-order valence-corrected chi connectivity index (χ2v) is 7.84. The van der Waals surface area contributed by atoms with E-state index in [2.05, 4.69) is 4.98 Å². The normalized spacial score (nSPS) is 18.9. The molecule has 1 aromatic heterocycles. The summed E-state index contributed by atoms with van der Waals surface area (Å²) >= 11 is 12.9. The number of carbonyl (C=O) groups is 1. The Morgan fingerprint density at radius 2 is 1.89 bits per heavy atom. The number of benzene rings is 2.